The van der Waals surface area contributed by atoms with Crippen molar-refractivity contribution in [3.63, 3.8) is 0 Å². The second-order valence-electron chi connectivity index (χ2n) is 11.8. The summed E-state index contributed by atoms with van der Waals surface area (Å²) >= 11 is 0. The monoisotopic (exact) mass is 557 g/mol. The molecule has 1 aliphatic carbocycles. The third-order valence-electron chi connectivity index (χ3n) is 8.22. The van der Waals surface area contributed by atoms with Gasteiger partial charge in [0.1, 0.15) is 17.1 Å². The Kier molecular flexibility index (Phi) is 8.77. The third kappa shape index (κ3) is 6.98. The fourth-order valence-electron chi connectivity index (χ4n) is 5.85. The Hall–Kier alpha value is -3.67. The van der Waals surface area contributed by atoms with Crippen molar-refractivity contribution < 1.29 is 23.5 Å². The maximum atomic E-state index is 15.5. The Morgan fingerprint density at radius 3 is 2.41 bits per heavy atom. The lowest BCUT2D eigenvalue weighted by molar-refractivity contribution is -0.127. The number of fused-ring (bicyclic) bond motifs is 1. The van der Waals surface area contributed by atoms with E-state index in [4.69, 9.17) is 9.47 Å². The van der Waals surface area contributed by atoms with Gasteiger partial charge in [-0.05, 0) is 66.1 Å². The second kappa shape index (κ2) is 12.5. The number of esters is 1. The van der Waals surface area contributed by atoms with Crippen LogP contribution in [-0.4, -0.2) is 17.7 Å². The number of nitrogens with zero attached hydrogens (tertiary/aromatic N) is 1. The molecule has 5 nitrogen and oxygen atoms in total. The van der Waals surface area contributed by atoms with Crippen LogP contribution in [0.3, 0.4) is 0 Å². The molecule has 3 aromatic carbocycles. The number of aryl methyl sites for hydroxylation is 1. The molecule has 0 radical (unpaired) electrons. The topological polar surface area (TPSA) is 55.8 Å². The van der Waals surface area contributed by atoms with Crippen LogP contribution in [0.5, 0.6) is 5.75 Å². The number of anilines is 1. The summed E-state index contributed by atoms with van der Waals surface area (Å²) in [5.41, 5.74) is 4.22. The molecule has 1 heterocycles. The Morgan fingerprint density at radius 1 is 0.976 bits per heavy atom. The Balaban J connectivity index is 1.39. The van der Waals surface area contributed by atoms with Gasteiger partial charge in [-0.25, -0.2) is 9.18 Å². The number of cyclic esters (lactones) is 1. The molecule has 0 bridgehead atoms. The van der Waals surface area contributed by atoms with Gasteiger partial charge in [-0.3, -0.25) is 4.79 Å². The van der Waals surface area contributed by atoms with Gasteiger partial charge in [-0.2, -0.15) is 0 Å². The number of carbonyl (C=O) groups excluding carboxylic acids is 2. The highest BCUT2D eigenvalue weighted by Crippen LogP contribution is 2.35. The standard InChI is InChI=1S/C35H40FNO4/c1-4-5-8-25-11-14-26(15-12-25)27-16-17-28(31(36)21-27)23-37(33(38)20-13-24-9-6-7-10-24)29-18-19-32-30(22-29)34(39)41-35(2,3)40-32/h11-12,14-19,21-22,24H,4-10,13,20,23H2,1-3H3. The van der Waals surface area contributed by atoms with E-state index < -0.39 is 11.8 Å². The zero-order valence-corrected chi connectivity index (χ0v) is 24.4. The summed E-state index contributed by atoms with van der Waals surface area (Å²) in [5.74, 6) is -1.07. The smallest absolute Gasteiger partial charge is 0.345 e. The average molecular weight is 558 g/mol. The van der Waals surface area contributed by atoms with Crippen molar-refractivity contribution in [2.45, 2.75) is 90.9 Å². The average Bonchev–Trinajstić information content (AvgIpc) is 3.48. The van der Waals surface area contributed by atoms with Crippen LogP contribution in [-0.2, 0) is 22.5 Å². The first kappa shape index (κ1) is 28.8. The van der Waals surface area contributed by atoms with Crippen molar-refractivity contribution in [1.82, 2.24) is 0 Å². The van der Waals surface area contributed by atoms with E-state index in [0.29, 0.717) is 29.3 Å². The molecule has 0 atom stereocenters. The van der Waals surface area contributed by atoms with Crippen LogP contribution in [0.4, 0.5) is 10.1 Å². The minimum atomic E-state index is -1.07. The summed E-state index contributed by atoms with van der Waals surface area (Å²) < 4.78 is 26.8. The molecule has 0 saturated heterocycles. The minimum Gasteiger partial charge on any atom is -0.452 e. The van der Waals surface area contributed by atoms with Gasteiger partial charge in [-0.15, -0.1) is 0 Å². The lowest BCUT2D eigenvalue weighted by Gasteiger charge is -2.32. The van der Waals surface area contributed by atoms with Gasteiger partial charge >= 0.3 is 5.97 Å². The summed E-state index contributed by atoms with van der Waals surface area (Å²) in [4.78, 5) is 27.9. The van der Waals surface area contributed by atoms with Crippen LogP contribution in [0.1, 0.15) is 93.6 Å². The predicted octanol–water partition coefficient (Wildman–Crippen LogP) is 8.62. The van der Waals surface area contributed by atoms with E-state index in [1.807, 2.05) is 18.2 Å². The van der Waals surface area contributed by atoms with Crippen LogP contribution < -0.4 is 9.64 Å². The van der Waals surface area contributed by atoms with Gasteiger partial charge in [0.25, 0.3) is 0 Å². The molecule has 0 spiro atoms. The lowest BCUT2D eigenvalue weighted by Crippen LogP contribution is -2.39. The zero-order valence-electron chi connectivity index (χ0n) is 24.4. The number of rotatable bonds is 10. The molecular weight excluding hydrogens is 517 g/mol. The Bertz CT molecular complexity index is 1390. The highest BCUT2D eigenvalue weighted by atomic mass is 19.1. The fourth-order valence-corrected chi connectivity index (χ4v) is 5.85. The lowest BCUT2D eigenvalue weighted by atomic mass is 9.99. The largest absolute Gasteiger partial charge is 0.452 e. The van der Waals surface area contributed by atoms with E-state index in [1.165, 1.54) is 24.5 Å². The molecule has 1 aliphatic heterocycles. The molecule has 5 rings (SSSR count). The van der Waals surface area contributed by atoms with Crippen molar-refractivity contribution in [3.8, 4) is 16.9 Å². The van der Waals surface area contributed by atoms with E-state index >= 15 is 4.39 Å². The summed E-state index contributed by atoms with van der Waals surface area (Å²) in [6.07, 6.45) is 9.26. The molecule has 1 saturated carbocycles. The van der Waals surface area contributed by atoms with Gasteiger partial charge < -0.3 is 14.4 Å². The first-order valence-corrected chi connectivity index (χ1v) is 15.0. The quantitative estimate of drug-likeness (QED) is 0.234. The minimum absolute atomic E-state index is 0.0613. The summed E-state index contributed by atoms with van der Waals surface area (Å²) in [6.45, 7) is 5.59. The molecule has 2 aliphatic rings. The van der Waals surface area contributed by atoms with Crippen molar-refractivity contribution in [3.05, 3.63) is 83.2 Å². The van der Waals surface area contributed by atoms with Crippen molar-refractivity contribution in [2.24, 2.45) is 5.92 Å². The normalized spacial score (nSPS) is 16.1. The SMILES string of the molecule is CCCCc1ccc(-c2ccc(CN(C(=O)CCC3CCCC3)c3ccc4c(c3)C(=O)OC(C)(C)O4)c(F)c2)cc1. The van der Waals surface area contributed by atoms with E-state index in [1.54, 1.807) is 43.0 Å². The molecule has 0 aromatic heterocycles. The fraction of sp³-hybridized carbons (Fsp3) is 0.429. The molecule has 3 aromatic rings. The van der Waals surface area contributed by atoms with Crippen LogP contribution in [0.2, 0.25) is 0 Å². The number of carbonyl (C=O) groups is 2. The van der Waals surface area contributed by atoms with E-state index in [2.05, 4.69) is 19.1 Å². The van der Waals surface area contributed by atoms with Crippen LogP contribution in [0.25, 0.3) is 11.1 Å². The van der Waals surface area contributed by atoms with Crippen molar-refractivity contribution in [1.29, 1.82) is 0 Å². The second-order valence-corrected chi connectivity index (χ2v) is 11.8. The molecular formula is C35H40FNO4. The third-order valence-corrected chi connectivity index (χ3v) is 8.22. The van der Waals surface area contributed by atoms with Gasteiger partial charge in [0.15, 0.2) is 0 Å². The number of unbranched alkanes of at least 4 members (excludes halogenated alkanes) is 1. The Morgan fingerprint density at radius 2 is 1.71 bits per heavy atom. The molecule has 6 heteroatoms. The maximum absolute atomic E-state index is 15.5. The Labute approximate surface area is 242 Å². The van der Waals surface area contributed by atoms with Crippen LogP contribution >= 0.6 is 0 Å². The number of hydrogen-bond acceptors (Lipinski definition) is 4. The maximum Gasteiger partial charge on any atom is 0.345 e. The highest BCUT2D eigenvalue weighted by Gasteiger charge is 2.34. The number of amides is 1. The molecule has 1 fully saturated rings. The summed E-state index contributed by atoms with van der Waals surface area (Å²) in [7, 11) is 0. The molecule has 1 amide bonds. The number of ether oxygens (including phenoxy) is 2. The first-order chi connectivity index (χ1) is 19.7. The zero-order chi connectivity index (χ0) is 29.0. The summed E-state index contributed by atoms with van der Waals surface area (Å²) in [6, 6.07) is 18.5. The van der Waals surface area contributed by atoms with Crippen LogP contribution in [0.15, 0.2) is 60.7 Å². The highest BCUT2D eigenvalue weighted by molar-refractivity contribution is 5.98. The van der Waals surface area contributed by atoms with Crippen LogP contribution in [0, 0.1) is 11.7 Å². The number of halogens is 1. The predicted molar refractivity (Wildman–Crippen MR) is 159 cm³/mol. The van der Waals surface area contributed by atoms with Gasteiger partial charge in [0.2, 0.25) is 11.7 Å². The van der Waals surface area contributed by atoms with E-state index in [0.717, 1.165) is 49.7 Å². The van der Waals surface area contributed by atoms with Gasteiger partial charge in [0, 0.05) is 31.5 Å². The number of hydrogen-bond donors (Lipinski definition) is 0. The van der Waals surface area contributed by atoms with E-state index in [9.17, 15) is 9.59 Å². The van der Waals surface area contributed by atoms with Crippen molar-refractivity contribution >= 4 is 17.6 Å². The number of benzene rings is 3. The van der Waals surface area contributed by atoms with Gasteiger partial charge in [0.05, 0.1) is 6.54 Å². The molecule has 216 valence electrons. The first-order valence-electron chi connectivity index (χ1n) is 15.0. The van der Waals surface area contributed by atoms with E-state index in [-0.39, 0.29) is 23.8 Å². The molecule has 0 unspecified atom stereocenters. The van der Waals surface area contributed by atoms with Gasteiger partial charge in [-0.1, -0.05) is 75.4 Å². The summed E-state index contributed by atoms with van der Waals surface area (Å²) in [5, 5.41) is 0. The molecule has 0 N–H and O–H groups in total. The molecule has 41 heavy (non-hydrogen) atoms. The van der Waals surface area contributed by atoms with Crippen molar-refractivity contribution in [2.75, 3.05) is 4.90 Å².